The molecule has 0 saturated carbocycles. The number of amides is 1. The predicted molar refractivity (Wildman–Crippen MR) is 247 cm³/mol. The van der Waals surface area contributed by atoms with E-state index in [1.807, 2.05) is 19.1 Å². The number of ether oxygens (including phenoxy) is 2. The summed E-state index contributed by atoms with van der Waals surface area (Å²) >= 11 is 0. The Hall–Kier alpha value is -3.14. The molecule has 0 bridgehead atoms. The average Bonchev–Trinajstić information content (AvgIpc) is 3.25. The van der Waals surface area contributed by atoms with Gasteiger partial charge in [-0.05, 0) is 49.6 Å². The summed E-state index contributed by atoms with van der Waals surface area (Å²) in [6.45, 7) is 5.61. The van der Waals surface area contributed by atoms with Crippen LogP contribution >= 0.6 is 7.60 Å². The molecule has 0 fully saturated rings. The summed E-state index contributed by atoms with van der Waals surface area (Å²) in [6.07, 6.45) is 33.5. The maximum atomic E-state index is 13.0. The molecule has 2 rings (SSSR count). The second-order valence-electron chi connectivity index (χ2n) is 16.8. The number of esters is 2. The fourth-order valence-electron chi connectivity index (χ4n) is 7.26. The molecule has 0 aliphatic heterocycles. The van der Waals surface area contributed by atoms with Gasteiger partial charge in [-0.3, -0.25) is 28.9 Å². The van der Waals surface area contributed by atoms with Gasteiger partial charge in [-0.25, -0.2) is 0 Å². The van der Waals surface area contributed by atoms with E-state index in [-0.39, 0.29) is 32.2 Å². The molecule has 0 saturated heterocycles. The zero-order valence-corrected chi connectivity index (χ0v) is 39.2. The summed E-state index contributed by atoms with van der Waals surface area (Å²) in [4.78, 5) is 57.6. The molecule has 2 aromatic rings. The van der Waals surface area contributed by atoms with Gasteiger partial charge in [0.05, 0.1) is 24.2 Å². The number of carbonyl (C=O) groups excluding carboxylic acids is 3. The molecule has 2 aromatic heterocycles. The lowest BCUT2D eigenvalue weighted by Gasteiger charge is -2.20. The lowest BCUT2D eigenvalue weighted by Crippen LogP contribution is -2.30. The van der Waals surface area contributed by atoms with Crippen molar-refractivity contribution >= 4 is 25.4 Å². The van der Waals surface area contributed by atoms with Crippen molar-refractivity contribution in [2.75, 3.05) is 25.9 Å². The topological polar surface area (TPSA) is 154 Å². The van der Waals surface area contributed by atoms with Crippen LogP contribution in [0.5, 0.6) is 0 Å². The van der Waals surface area contributed by atoms with Crippen LogP contribution in [0.2, 0.25) is 0 Å². The second kappa shape index (κ2) is 35.3. The average molecular weight is 872 g/mol. The van der Waals surface area contributed by atoms with E-state index in [0.717, 1.165) is 44.1 Å². The molecule has 2 N–H and O–H groups in total. The summed E-state index contributed by atoms with van der Waals surface area (Å²) in [5.41, 5.74) is 2.51. The highest BCUT2D eigenvalue weighted by molar-refractivity contribution is 7.52. The van der Waals surface area contributed by atoms with E-state index in [2.05, 4.69) is 29.1 Å². The maximum Gasteiger partial charge on any atom is 0.330 e. The monoisotopic (exact) mass is 872 g/mol. The molecule has 2 heterocycles. The van der Waals surface area contributed by atoms with E-state index >= 15 is 0 Å². The molecule has 346 valence electrons. The van der Waals surface area contributed by atoms with E-state index in [1.165, 1.54) is 128 Å². The summed E-state index contributed by atoms with van der Waals surface area (Å²) in [5.74, 6) is -1.29. The fourth-order valence-corrected chi connectivity index (χ4v) is 8.18. The number of pyridine rings is 2. The van der Waals surface area contributed by atoms with E-state index < -0.39 is 38.2 Å². The first kappa shape index (κ1) is 54.0. The normalized spacial score (nSPS) is 12.8. The van der Waals surface area contributed by atoms with Gasteiger partial charge in [-0.15, -0.1) is 0 Å². The number of nitrogens with one attached hydrogen (secondary N) is 1. The molecular formula is C49H82N3O8P. The first-order valence-electron chi connectivity index (χ1n) is 24.1. The Morgan fingerprint density at radius 1 is 0.623 bits per heavy atom. The molecule has 0 radical (unpaired) electrons. The van der Waals surface area contributed by atoms with Crippen LogP contribution in [-0.2, 0) is 28.2 Å². The molecule has 1 amide bonds. The zero-order valence-electron chi connectivity index (χ0n) is 38.3. The summed E-state index contributed by atoms with van der Waals surface area (Å²) in [6, 6.07) is 6.91. The molecule has 12 heteroatoms. The number of aromatic nitrogens is 2. The Labute approximate surface area is 369 Å². The summed E-state index contributed by atoms with van der Waals surface area (Å²) in [5, 5.41) is 2.66. The van der Waals surface area contributed by atoms with Gasteiger partial charge in [-0.1, -0.05) is 168 Å². The molecule has 0 aliphatic carbocycles. The van der Waals surface area contributed by atoms with E-state index in [4.69, 9.17) is 14.0 Å². The molecule has 2 atom stereocenters. The fraction of sp³-hybridized carbons (Fsp3) is 0.735. The van der Waals surface area contributed by atoms with Gasteiger partial charge in [0, 0.05) is 37.3 Å². The van der Waals surface area contributed by atoms with Gasteiger partial charge < -0.3 is 24.2 Å². The molecule has 11 nitrogen and oxygen atoms in total. The van der Waals surface area contributed by atoms with Crippen LogP contribution in [-0.4, -0.2) is 64.7 Å². The molecule has 0 aromatic carbocycles. The minimum absolute atomic E-state index is 0.134. The Kier molecular flexibility index (Phi) is 31.3. The molecule has 0 aliphatic rings. The Bertz CT molecular complexity index is 1510. The van der Waals surface area contributed by atoms with Gasteiger partial charge in [0.1, 0.15) is 6.61 Å². The summed E-state index contributed by atoms with van der Waals surface area (Å²) < 4.78 is 29.5. The minimum atomic E-state index is -4.21. The standard InChI is InChI=1S/C49H82N3O8P/c1-4-6-8-10-12-14-16-18-20-22-24-26-28-30-47(53)58-40-44(60-48(54)31-29-27-25-23-21-19-17-15-13-11-9-7-5-2)41-59-61(56,57)37-36-52-49(55)43-33-35-51-46(39-43)45-38-42(3)32-34-50-45/h32-35,38-39,44H,4-31,36-37,40-41H2,1-3H3,(H,52,55)(H,56,57). The predicted octanol–water partition coefficient (Wildman–Crippen LogP) is 12.8. The molecule has 61 heavy (non-hydrogen) atoms. The highest BCUT2D eigenvalue weighted by Crippen LogP contribution is 2.41. The lowest BCUT2D eigenvalue weighted by molar-refractivity contribution is -0.161. The SMILES string of the molecule is CCCCCCCCCCCCCCCC(=O)OCC(COP(=O)(O)CCNC(=O)c1ccnc(-c2cc(C)ccn2)c1)OC(=O)CCCCCCCCCCCCCCC. The smallest absolute Gasteiger partial charge is 0.330 e. The van der Waals surface area contributed by atoms with Gasteiger partial charge in [0.15, 0.2) is 6.10 Å². The van der Waals surface area contributed by atoms with Crippen LogP contribution < -0.4 is 5.32 Å². The molecule has 2 unspecified atom stereocenters. The Balaban J connectivity index is 1.75. The second-order valence-corrected chi connectivity index (χ2v) is 18.8. The largest absolute Gasteiger partial charge is 0.462 e. The van der Waals surface area contributed by atoms with E-state index in [9.17, 15) is 23.8 Å². The van der Waals surface area contributed by atoms with Crippen molar-refractivity contribution in [3.8, 4) is 11.4 Å². The lowest BCUT2D eigenvalue weighted by atomic mass is 10.0. The van der Waals surface area contributed by atoms with Crippen molar-refractivity contribution in [3.63, 3.8) is 0 Å². The first-order valence-corrected chi connectivity index (χ1v) is 25.9. The van der Waals surface area contributed by atoms with Crippen LogP contribution in [0.25, 0.3) is 11.4 Å². The number of hydrogen-bond acceptors (Lipinski definition) is 9. The van der Waals surface area contributed by atoms with Crippen molar-refractivity contribution in [1.29, 1.82) is 0 Å². The highest BCUT2D eigenvalue weighted by Gasteiger charge is 2.25. The van der Waals surface area contributed by atoms with E-state index in [0.29, 0.717) is 23.4 Å². The molecular weight excluding hydrogens is 790 g/mol. The molecule has 0 spiro atoms. The van der Waals surface area contributed by atoms with Crippen molar-refractivity contribution in [2.45, 2.75) is 207 Å². The van der Waals surface area contributed by atoms with Crippen molar-refractivity contribution in [3.05, 3.63) is 47.8 Å². The third-order valence-electron chi connectivity index (χ3n) is 11.0. The zero-order chi connectivity index (χ0) is 44.2. The Morgan fingerprint density at radius 2 is 1.07 bits per heavy atom. The third kappa shape index (κ3) is 29.0. The highest BCUT2D eigenvalue weighted by atomic mass is 31.2. The maximum absolute atomic E-state index is 13.0. The number of nitrogens with zero attached hydrogens (tertiary/aromatic N) is 2. The Morgan fingerprint density at radius 3 is 1.56 bits per heavy atom. The van der Waals surface area contributed by atoms with Crippen LogP contribution in [0, 0.1) is 6.92 Å². The quantitative estimate of drug-likeness (QED) is 0.0377. The number of aryl methyl sites for hydroxylation is 1. The van der Waals surface area contributed by atoms with E-state index in [1.54, 1.807) is 18.3 Å². The van der Waals surface area contributed by atoms with Crippen molar-refractivity contribution in [2.24, 2.45) is 0 Å². The van der Waals surface area contributed by atoms with Crippen LogP contribution in [0.3, 0.4) is 0 Å². The van der Waals surface area contributed by atoms with Crippen LogP contribution in [0.4, 0.5) is 0 Å². The number of carbonyl (C=O) groups is 3. The van der Waals surface area contributed by atoms with Gasteiger partial charge in [0.2, 0.25) is 0 Å². The van der Waals surface area contributed by atoms with Gasteiger partial charge in [-0.2, -0.15) is 0 Å². The van der Waals surface area contributed by atoms with Crippen LogP contribution in [0.1, 0.15) is 210 Å². The minimum Gasteiger partial charge on any atom is -0.462 e. The van der Waals surface area contributed by atoms with Gasteiger partial charge in [0.25, 0.3) is 5.91 Å². The third-order valence-corrected chi connectivity index (χ3v) is 12.4. The number of hydrogen-bond donors (Lipinski definition) is 2. The summed E-state index contributed by atoms with van der Waals surface area (Å²) in [7, 11) is -4.21. The van der Waals surface area contributed by atoms with Crippen molar-refractivity contribution in [1.82, 2.24) is 15.3 Å². The number of unbranched alkanes of at least 4 members (excludes halogenated alkanes) is 24. The van der Waals surface area contributed by atoms with Gasteiger partial charge >= 0.3 is 19.5 Å². The van der Waals surface area contributed by atoms with Crippen LogP contribution in [0.15, 0.2) is 36.7 Å². The van der Waals surface area contributed by atoms with Crippen molar-refractivity contribution < 1.29 is 37.8 Å². The number of rotatable bonds is 39. The first-order chi connectivity index (χ1) is 29.6.